The monoisotopic (exact) mass is 264 g/mol. The van der Waals surface area contributed by atoms with Crippen molar-refractivity contribution < 1.29 is 5.11 Å². The van der Waals surface area contributed by atoms with E-state index in [9.17, 15) is 5.11 Å². The molecule has 0 saturated heterocycles. The Balaban J connectivity index is 1.99. The number of benzene rings is 1. The van der Waals surface area contributed by atoms with Gasteiger partial charge in [-0.3, -0.25) is 4.68 Å². The van der Waals surface area contributed by atoms with Gasteiger partial charge in [0.25, 0.3) is 0 Å². The highest BCUT2D eigenvalue weighted by Crippen LogP contribution is 2.22. The number of aromatic nitrogens is 2. The van der Waals surface area contributed by atoms with Gasteiger partial charge in [0.2, 0.25) is 0 Å². The number of aliphatic hydroxyl groups is 1. The number of hydrogen-bond acceptors (Lipinski definition) is 2. The van der Waals surface area contributed by atoms with Gasteiger partial charge in [-0.2, -0.15) is 5.10 Å². The van der Waals surface area contributed by atoms with Crippen LogP contribution in [0.25, 0.3) is 0 Å². The van der Waals surface area contributed by atoms with Crippen molar-refractivity contribution in [3.8, 4) is 0 Å². The maximum Gasteiger partial charge on any atom is 0.0521 e. The second-order valence-corrected chi connectivity index (χ2v) is 4.93. The average molecular weight is 265 g/mol. The molecule has 1 atom stereocenters. The Morgan fingerprint density at radius 2 is 2.06 bits per heavy atom. The molecule has 0 bridgehead atoms. The topological polar surface area (TPSA) is 38.0 Å². The molecule has 0 aliphatic carbocycles. The fourth-order valence-electron chi connectivity index (χ4n) is 2.04. The molecule has 0 amide bonds. The first-order valence-corrected chi connectivity index (χ1v) is 6.40. The molecule has 96 valence electrons. The molecule has 2 rings (SSSR count). The van der Waals surface area contributed by atoms with Crippen LogP contribution in [0.5, 0.6) is 0 Å². The summed E-state index contributed by atoms with van der Waals surface area (Å²) in [6.07, 6.45) is 5.71. The van der Waals surface area contributed by atoms with Crippen LogP contribution in [0, 0.1) is 0 Å². The predicted molar refractivity (Wildman–Crippen MR) is 72.8 cm³/mol. The quantitative estimate of drug-likeness (QED) is 0.902. The zero-order valence-electron chi connectivity index (χ0n) is 10.4. The molecule has 1 N–H and O–H groups in total. The third kappa shape index (κ3) is 3.34. The van der Waals surface area contributed by atoms with Gasteiger partial charge in [0.15, 0.2) is 0 Å². The van der Waals surface area contributed by atoms with Gasteiger partial charge >= 0.3 is 0 Å². The zero-order valence-corrected chi connectivity index (χ0v) is 11.1. The summed E-state index contributed by atoms with van der Waals surface area (Å²) in [4.78, 5) is 0. The molecule has 1 aromatic heterocycles. The molecular weight excluding hydrogens is 248 g/mol. The third-order valence-electron chi connectivity index (χ3n) is 3.10. The highest BCUT2D eigenvalue weighted by molar-refractivity contribution is 6.30. The van der Waals surface area contributed by atoms with Crippen LogP contribution in [0.3, 0.4) is 0 Å². The second kappa shape index (κ2) is 6.03. The molecule has 0 aliphatic heterocycles. The van der Waals surface area contributed by atoms with E-state index in [1.54, 1.807) is 4.68 Å². The molecule has 18 heavy (non-hydrogen) atoms. The van der Waals surface area contributed by atoms with Gasteiger partial charge in [0.1, 0.15) is 0 Å². The third-order valence-corrected chi connectivity index (χ3v) is 3.35. The summed E-state index contributed by atoms with van der Waals surface area (Å²) in [6.45, 7) is 0.155. The lowest BCUT2D eigenvalue weighted by atomic mass is 9.94. The molecule has 3 nitrogen and oxygen atoms in total. The summed E-state index contributed by atoms with van der Waals surface area (Å²) in [5, 5.41) is 14.3. The Hall–Kier alpha value is -1.32. The minimum Gasteiger partial charge on any atom is -0.396 e. The Labute approximate surface area is 112 Å². The van der Waals surface area contributed by atoms with Crippen LogP contribution in [0.2, 0.25) is 5.02 Å². The lowest BCUT2D eigenvalue weighted by Crippen LogP contribution is -2.05. The first-order valence-electron chi connectivity index (χ1n) is 6.03. The second-order valence-electron chi connectivity index (χ2n) is 4.49. The predicted octanol–water partition coefficient (Wildman–Crippen LogP) is 2.78. The van der Waals surface area contributed by atoms with Gasteiger partial charge in [0.05, 0.1) is 6.20 Å². The van der Waals surface area contributed by atoms with Crippen LogP contribution in [0.15, 0.2) is 36.7 Å². The van der Waals surface area contributed by atoms with Crippen molar-refractivity contribution in [1.82, 2.24) is 9.78 Å². The largest absolute Gasteiger partial charge is 0.396 e. The van der Waals surface area contributed by atoms with E-state index >= 15 is 0 Å². The number of hydrogen-bond donors (Lipinski definition) is 1. The van der Waals surface area contributed by atoms with Crippen molar-refractivity contribution in [2.24, 2.45) is 7.05 Å². The minimum atomic E-state index is 0.155. The van der Waals surface area contributed by atoms with E-state index in [4.69, 9.17) is 11.6 Å². The molecule has 0 aliphatic rings. The lowest BCUT2D eigenvalue weighted by Gasteiger charge is -2.14. The normalized spacial score (nSPS) is 12.6. The smallest absolute Gasteiger partial charge is 0.0521 e. The Morgan fingerprint density at radius 1 is 1.33 bits per heavy atom. The Bertz CT molecular complexity index is 493. The average Bonchev–Trinajstić information content (AvgIpc) is 2.78. The highest BCUT2D eigenvalue weighted by Gasteiger charge is 2.11. The van der Waals surface area contributed by atoms with E-state index in [1.165, 1.54) is 5.56 Å². The van der Waals surface area contributed by atoms with E-state index in [0.717, 1.165) is 23.4 Å². The van der Waals surface area contributed by atoms with Crippen LogP contribution in [-0.2, 0) is 13.5 Å². The van der Waals surface area contributed by atoms with Crippen molar-refractivity contribution in [2.75, 3.05) is 6.61 Å². The maximum atomic E-state index is 9.48. The molecular formula is C14H17ClN2O. The SMILES string of the molecule is Cn1cc(CCC(CO)c2ccc(Cl)cc2)cn1. The first kappa shape index (κ1) is 13.1. The summed E-state index contributed by atoms with van der Waals surface area (Å²) in [7, 11) is 1.91. The van der Waals surface area contributed by atoms with Crippen molar-refractivity contribution in [3.05, 3.63) is 52.8 Å². The van der Waals surface area contributed by atoms with E-state index in [2.05, 4.69) is 5.10 Å². The molecule has 1 unspecified atom stereocenters. The van der Waals surface area contributed by atoms with E-state index < -0.39 is 0 Å². The summed E-state index contributed by atoms with van der Waals surface area (Å²) < 4.78 is 1.80. The number of aliphatic hydroxyl groups excluding tert-OH is 1. The Kier molecular flexibility index (Phi) is 4.39. The van der Waals surface area contributed by atoms with Gasteiger partial charge in [-0.15, -0.1) is 0 Å². The summed E-state index contributed by atoms with van der Waals surface area (Å²) >= 11 is 5.86. The lowest BCUT2D eigenvalue weighted by molar-refractivity contribution is 0.259. The molecule has 0 saturated carbocycles. The van der Waals surface area contributed by atoms with Crippen LogP contribution < -0.4 is 0 Å². The molecule has 1 heterocycles. The first-order chi connectivity index (χ1) is 8.69. The van der Waals surface area contributed by atoms with E-state index in [-0.39, 0.29) is 12.5 Å². The number of rotatable bonds is 5. The zero-order chi connectivity index (χ0) is 13.0. The molecule has 0 fully saturated rings. The fourth-order valence-corrected chi connectivity index (χ4v) is 2.17. The van der Waals surface area contributed by atoms with Crippen LogP contribution in [0.1, 0.15) is 23.5 Å². The van der Waals surface area contributed by atoms with Crippen molar-refractivity contribution in [2.45, 2.75) is 18.8 Å². The summed E-state index contributed by atoms with van der Waals surface area (Å²) in [6, 6.07) is 7.69. The standard InChI is InChI=1S/C14H17ClN2O/c1-17-9-11(8-16-17)2-3-13(10-18)12-4-6-14(15)7-5-12/h4-9,13,18H,2-3,10H2,1H3. The van der Waals surface area contributed by atoms with Crippen molar-refractivity contribution >= 4 is 11.6 Å². The van der Waals surface area contributed by atoms with Gasteiger partial charge in [-0.25, -0.2) is 0 Å². The van der Waals surface area contributed by atoms with Gasteiger partial charge in [-0.05, 0) is 36.1 Å². The highest BCUT2D eigenvalue weighted by atomic mass is 35.5. The summed E-state index contributed by atoms with van der Waals surface area (Å²) in [5.41, 5.74) is 2.33. The van der Waals surface area contributed by atoms with E-state index in [0.29, 0.717) is 0 Å². The van der Waals surface area contributed by atoms with Gasteiger partial charge in [0, 0.05) is 30.8 Å². The van der Waals surface area contributed by atoms with Crippen molar-refractivity contribution in [3.63, 3.8) is 0 Å². The number of aryl methyl sites for hydroxylation is 2. The fraction of sp³-hybridized carbons (Fsp3) is 0.357. The summed E-state index contributed by atoms with van der Waals surface area (Å²) in [5.74, 6) is 0.155. The molecule has 0 spiro atoms. The van der Waals surface area contributed by atoms with Crippen LogP contribution in [-0.4, -0.2) is 21.5 Å². The van der Waals surface area contributed by atoms with Gasteiger partial charge < -0.3 is 5.11 Å². The molecule has 0 radical (unpaired) electrons. The van der Waals surface area contributed by atoms with Crippen LogP contribution in [0.4, 0.5) is 0 Å². The van der Waals surface area contributed by atoms with E-state index in [1.807, 2.05) is 43.7 Å². The number of nitrogens with zero attached hydrogens (tertiary/aromatic N) is 2. The molecule has 4 heteroatoms. The van der Waals surface area contributed by atoms with Crippen molar-refractivity contribution in [1.29, 1.82) is 0 Å². The number of halogens is 1. The molecule has 2 aromatic rings. The van der Waals surface area contributed by atoms with Crippen LogP contribution >= 0.6 is 11.6 Å². The molecule has 1 aromatic carbocycles. The maximum absolute atomic E-state index is 9.48. The van der Waals surface area contributed by atoms with Gasteiger partial charge in [-0.1, -0.05) is 23.7 Å². The minimum absolute atomic E-state index is 0.155. The Morgan fingerprint density at radius 3 is 2.61 bits per heavy atom.